The molecule has 1 unspecified atom stereocenters. The van der Waals surface area contributed by atoms with E-state index in [1.54, 1.807) is 7.11 Å². The van der Waals surface area contributed by atoms with Crippen LogP contribution in [0, 0.1) is 0 Å². The third-order valence-corrected chi connectivity index (χ3v) is 2.83. The van der Waals surface area contributed by atoms with Crippen LogP contribution < -0.4 is 9.47 Å². The number of rotatable bonds is 4. The lowest BCUT2D eigenvalue weighted by Crippen LogP contribution is -2.17. The third-order valence-electron chi connectivity index (χ3n) is 2.83. The van der Waals surface area contributed by atoms with Crippen molar-refractivity contribution in [2.75, 3.05) is 7.11 Å². The second kappa shape index (κ2) is 5.06. The molecule has 0 spiro atoms. The number of hydrogen-bond donors (Lipinski definition) is 0. The summed E-state index contributed by atoms with van der Waals surface area (Å²) in [6.45, 7) is 2.20. The predicted molar refractivity (Wildman–Crippen MR) is 66.0 cm³/mol. The summed E-state index contributed by atoms with van der Waals surface area (Å²) >= 11 is 0. The number of benzene rings is 1. The van der Waals surface area contributed by atoms with Crippen molar-refractivity contribution in [3.63, 3.8) is 0 Å². The van der Waals surface area contributed by atoms with Gasteiger partial charge in [-0.15, -0.1) is 0 Å². The number of ether oxygens (including phenoxy) is 2. The van der Waals surface area contributed by atoms with E-state index < -0.39 is 0 Å². The fourth-order valence-corrected chi connectivity index (χ4v) is 1.91. The van der Waals surface area contributed by atoms with Crippen LogP contribution in [0.1, 0.15) is 31.7 Å². The molecule has 0 aliphatic carbocycles. The molecule has 0 amide bonds. The Morgan fingerprint density at radius 1 is 1.38 bits per heavy atom. The van der Waals surface area contributed by atoms with E-state index >= 15 is 0 Å². The molecule has 2 heteroatoms. The van der Waals surface area contributed by atoms with Crippen molar-refractivity contribution in [1.82, 2.24) is 0 Å². The van der Waals surface area contributed by atoms with Gasteiger partial charge in [-0.1, -0.05) is 31.6 Å². The van der Waals surface area contributed by atoms with Crippen LogP contribution in [0.2, 0.25) is 0 Å². The summed E-state index contributed by atoms with van der Waals surface area (Å²) in [6.07, 6.45) is 7.93. The Labute approximate surface area is 96.9 Å². The Bertz CT molecular complexity index is 382. The van der Waals surface area contributed by atoms with Crippen molar-refractivity contribution in [2.45, 2.75) is 32.3 Å². The maximum absolute atomic E-state index is 5.94. The lowest BCUT2D eigenvalue weighted by molar-refractivity contribution is 0.220. The number of hydrogen-bond acceptors (Lipinski definition) is 2. The van der Waals surface area contributed by atoms with Gasteiger partial charge in [0, 0.05) is 5.56 Å². The fraction of sp³-hybridized carbons (Fsp3) is 0.429. The summed E-state index contributed by atoms with van der Waals surface area (Å²) in [4.78, 5) is 0. The monoisotopic (exact) mass is 218 g/mol. The maximum Gasteiger partial charge on any atom is 0.169 e. The van der Waals surface area contributed by atoms with Gasteiger partial charge in [0.15, 0.2) is 11.5 Å². The van der Waals surface area contributed by atoms with Gasteiger partial charge < -0.3 is 9.47 Å². The van der Waals surface area contributed by atoms with Crippen LogP contribution in [-0.2, 0) is 0 Å². The van der Waals surface area contributed by atoms with Crippen LogP contribution in [0.3, 0.4) is 0 Å². The van der Waals surface area contributed by atoms with Gasteiger partial charge in [-0.2, -0.15) is 0 Å². The van der Waals surface area contributed by atoms with Crippen molar-refractivity contribution in [1.29, 1.82) is 0 Å². The van der Waals surface area contributed by atoms with E-state index in [1.807, 2.05) is 18.2 Å². The molecule has 0 bridgehead atoms. The molecule has 1 heterocycles. The molecular formula is C14H18O2. The highest BCUT2D eigenvalue weighted by atomic mass is 16.5. The summed E-state index contributed by atoms with van der Waals surface area (Å²) in [5.41, 5.74) is 1.10. The van der Waals surface area contributed by atoms with E-state index in [2.05, 4.69) is 19.1 Å². The summed E-state index contributed by atoms with van der Waals surface area (Å²) < 4.78 is 11.3. The quantitative estimate of drug-likeness (QED) is 0.767. The minimum Gasteiger partial charge on any atom is -0.493 e. The van der Waals surface area contributed by atoms with Crippen LogP contribution >= 0.6 is 0 Å². The molecule has 0 radical (unpaired) electrons. The topological polar surface area (TPSA) is 18.5 Å². The first kappa shape index (κ1) is 11.1. The molecule has 2 rings (SSSR count). The van der Waals surface area contributed by atoms with Gasteiger partial charge in [-0.3, -0.25) is 0 Å². The molecule has 1 aliphatic heterocycles. The number of fused-ring (bicyclic) bond motifs is 1. The average molecular weight is 218 g/mol. The smallest absolute Gasteiger partial charge is 0.169 e. The van der Waals surface area contributed by atoms with Crippen LogP contribution in [-0.4, -0.2) is 13.2 Å². The van der Waals surface area contributed by atoms with Gasteiger partial charge >= 0.3 is 0 Å². The van der Waals surface area contributed by atoms with Gasteiger partial charge in [0.1, 0.15) is 6.10 Å². The number of unbranched alkanes of at least 4 members (excludes halogenated alkanes) is 1. The Hall–Kier alpha value is -1.44. The molecule has 0 saturated carbocycles. The first-order valence-electron chi connectivity index (χ1n) is 5.87. The first-order valence-corrected chi connectivity index (χ1v) is 5.87. The van der Waals surface area contributed by atoms with E-state index in [4.69, 9.17) is 9.47 Å². The predicted octanol–water partition coefficient (Wildman–Crippen LogP) is 3.66. The highest BCUT2D eigenvalue weighted by Crippen LogP contribution is 2.36. The van der Waals surface area contributed by atoms with Crippen molar-refractivity contribution >= 4 is 6.08 Å². The molecule has 1 aromatic rings. The summed E-state index contributed by atoms with van der Waals surface area (Å²) in [6, 6.07) is 5.97. The molecule has 2 nitrogen and oxygen atoms in total. The molecule has 0 aromatic heterocycles. The van der Waals surface area contributed by atoms with E-state index in [0.717, 1.165) is 23.5 Å². The SMILES string of the molecule is CCCCC1C=Cc2cccc(OC)c2O1. The van der Waals surface area contributed by atoms with Crippen molar-refractivity contribution in [3.8, 4) is 11.5 Å². The minimum atomic E-state index is 0.198. The molecule has 1 aliphatic rings. The van der Waals surface area contributed by atoms with Crippen LogP contribution in [0.4, 0.5) is 0 Å². The Morgan fingerprint density at radius 3 is 3.00 bits per heavy atom. The van der Waals surface area contributed by atoms with Gasteiger partial charge in [-0.05, 0) is 25.0 Å². The van der Waals surface area contributed by atoms with Crippen LogP contribution in [0.25, 0.3) is 6.08 Å². The molecular weight excluding hydrogens is 200 g/mol. The van der Waals surface area contributed by atoms with Gasteiger partial charge in [-0.25, -0.2) is 0 Å². The van der Waals surface area contributed by atoms with Crippen LogP contribution in [0.15, 0.2) is 24.3 Å². The van der Waals surface area contributed by atoms with Gasteiger partial charge in [0.25, 0.3) is 0 Å². The largest absolute Gasteiger partial charge is 0.493 e. The van der Waals surface area contributed by atoms with E-state index in [-0.39, 0.29) is 6.10 Å². The zero-order chi connectivity index (χ0) is 11.4. The van der Waals surface area contributed by atoms with Gasteiger partial charge in [0.2, 0.25) is 0 Å². The van der Waals surface area contributed by atoms with E-state index in [0.29, 0.717) is 0 Å². The summed E-state index contributed by atoms with van der Waals surface area (Å²) in [5.74, 6) is 1.71. The second-order valence-corrected chi connectivity index (χ2v) is 4.04. The van der Waals surface area contributed by atoms with Crippen molar-refractivity contribution in [2.24, 2.45) is 0 Å². The van der Waals surface area contributed by atoms with Crippen molar-refractivity contribution < 1.29 is 9.47 Å². The Morgan fingerprint density at radius 2 is 2.25 bits per heavy atom. The third kappa shape index (κ3) is 2.21. The molecule has 86 valence electrons. The molecule has 1 aromatic carbocycles. The molecule has 0 fully saturated rings. The zero-order valence-corrected chi connectivity index (χ0v) is 9.90. The zero-order valence-electron chi connectivity index (χ0n) is 9.90. The number of methoxy groups -OCH3 is 1. The molecule has 16 heavy (non-hydrogen) atoms. The average Bonchev–Trinajstić information content (AvgIpc) is 2.35. The van der Waals surface area contributed by atoms with Crippen molar-refractivity contribution in [3.05, 3.63) is 29.8 Å². The normalized spacial score (nSPS) is 17.8. The minimum absolute atomic E-state index is 0.198. The van der Waals surface area contributed by atoms with E-state index in [9.17, 15) is 0 Å². The lowest BCUT2D eigenvalue weighted by Gasteiger charge is -2.23. The molecule has 0 saturated heterocycles. The Balaban J connectivity index is 2.17. The maximum atomic E-state index is 5.94. The fourth-order valence-electron chi connectivity index (χ4n) is 1.91. The van der Waals surface area contributed by atoms with Crippen LogP contribution in [0.5, 0.6) is 11.5 Å². The highest BCUT2D eigenvalue weighted by molar-refractivity contribution is 5.64. The summed E-state index contributed by atoms with van der Waals surface area (Å²) in [5, 5.41) is 0. The molecule has 0 N–H and O–H groups in total. The Kier molecular flexibility index (Phi) is 3.50. The number of para-hydroxylation sites is 1. The second-order valence-electron chi connectivity index (χ2n) is 4.04. The van der Waals surface area contributed by atoms with E-state index in [1.165, 1.54) is 12.8 Å². The highest BCUT2D eigenvalue weighted by Gasteiger charge is 2.17. The summed E-state index contributed by atoms with van der Waals surface area (Å²) in [7, 11) is 1.68. The molecule has 1 atom stereocenters. The van der Waals surface area contributed by atoms with Gasteiger partial charge in [0.05, 0.1) is 7.11 Å². The lowest BCUT2D eigenvalue weighted by atomic mass is 10.1. The standard InChI is InChI=1S/C14H18O2/c1-3-4-7-12-10-9-11-6-5-8-13(15-2)14(11)16-12/h5-6,8-10,12H,3-4,7H2,1-2H3. The first-order chi connectivity index (χ1) is 7.85.